The first-order valence-corrected chi connectivity index (χ1v) is 7.00. The first-order chi connectivity index (χ1) is 8.54. The van der Waals surface area contributed by atoms with Crippen molar-refractivity contribution >= 4 is 34.4 Å². The van der Waals surface area contributed by atoms with Crippen LogP contribution < -0.4 is 0 Å². The molecule has 5 heteroatoms. The molecule has 18 heavy (non-hydrogen) atoms. The molecule has 1 rings (SSSR count). The molecule has 0 saturated heterocycles. The second kappa shape index (κ2) is 7.44. The number of carbonyl (C=O) groups excluding carboxylic acids is 2. The Kier molecular flexibility index (Phi) is 6.22. The highest BCUT2D eigenvalue weighted by Gasteiger charge is 2.16. The van der Waals surface area contributed by atoms with Gasteiger partial charge in [0, 0.05) is 16.3 Å². The van der Waals surface area contributed by atoms with Crippen LogP contribution in [0.4, 0.5) is 0 Å². The minimum atomic E-state index is -0.293. The molecule has 3 nitrogen and oxygen atoms in total. The van der Waals surface area contributed by atoms with Crippen molar-refractivity contribution in [3.63, 3.8) is 0 Å². The topological polar surface area (TPSA) is 43.4 Å². The van der Waals surface area contributed by atoms with E-state index in [4.69, 9.17) is 16.3 Å². The van der Waals surface area contributed by atoms with Gasteiger partial charge >= 0.3 is 5.97 Å². The molecule has 0 aliphatic heterocycles. The van der Waals surface area contributed by atoms with E-state index >= 15 is 0 Å². The van der Waals surface area contributed by atoms with Crippen LogP contribution in [-0.4, -0.2) is 23.4 Å². The van der Waals surface area contributed by atoms with Gasteiger partial charge in [-0.1, -0.05) is 42.4 Å². The maximum Gasteiger partial charge on any atom is 0.309 e. The van der Waals surface area contributed by atoms with Gasteiger partial charge in [-0.25, -0.2) is 0 Å². The maximum atomic E-state index is 11.8. The molecule has 1 aromatic rings. The van der Waals surface area contributed by atoms with E-state index in [1.807, 2.05) is 0 Å². The predicted octanol–water partition coefficient (Wildman–Crippen LogP) is 3.41. The molecule has 1 atom stereocenters. The van der Waals surface area contributed by atoms with E-state index in [9.17, 15) is 9.59 Å². The number of rotatable bonds is 5. The van der Waals surface area contributed by atoms with E-state index in [1.165, 1.54) is 0 Å². The van der Waals surface area contributed by atoms with Gasteiger partial charge in [-0.05, 0) is 19.1 Å². The molecule has 0 amide bonds. The molecule has 1 unspecified atom stereocenters. The van der Waals surface area contributed by atoms with Gasteiger partial charge in [0.25, 0.3) is 0 Å². The van der Waals surface area contributed by atoms with Gasteiger partial charge in [0.2, 0.25) is 5.12 Å². The van der Waals surface area contributed by atoms with E-state index in [2.05, 4.69) is 0 Å². The molecule has 0 aliphatic carbocycles. The molecular weight excluding hydrogens is 272 g/mol. The van der Waals surface area contributed by atoms with Crippen LogP contribution in [0.2, 0.25) is 5.02 Å². The van der Waals surface area contributed by atoms with Crippen LogP contribution in [0.25, 0.3) is 0 Å². The first-order valence-electron chi connectivity index (χ1n) is 5.64. The molecule has 0 aromatic heterocycles. The molecular formula is C13H15ClO3S. The summed E-state index contributed by atoms with van der Waals surface area (Å²) in [5.74, 6) is -0.161. The average molecular weight is 287 g/mol. The molecule has 0 fully saturated rings. The van der Waals surface area contributed by atoms with Gasteiger partial charge in [-0.15, -0.1) is 0 Å². The lowest BCUT2D eigenvalue weighted by atomic mass is 10.2. The van der Waals surface area contributed by atoms with Gasteiger partial charge in [-0.3, -0.25) is 9.59 Å². The fraction of sp³-hybridized carbons (Fsp3) is 0.385. The minimum absolute atomic E-state index is 0.0892. The third kappa shape index (κ3) is 4.70. The zero-order chi connectivity index (χ0) is 13.5. The highest BCUT2D eigenvalue weighted by molar-refractivity contribution is 8.14. The molecule has 0 radical (unpaired) electrons. The summed E-state index contributed by atoms with van der Waals surface area (Å²) in [7, 11) is 0. The van der Waals surface area contributed by atoms with Crippen LogP contribution in [-0.2, 0) is 9.53 Å². The number of carbonyl (C=O) groups is 2. The third-order valence-electron chi connectivity index (χ3n) is 2.21. The monoisotopic (exact) mass is 286 g/mol. The van der Waals surface area contributed by atoms with Crippen molar-refractivity contribution in [1.29, 1.82) is 0 Å². The van der Waals surface area contributed by atoms with Crippen molar-refractivity contribution in [1.82, 2.24) is 0 Å². The quantitative estimate of drug-likeness (QED) is 0.778. The highest BCUT2D eigenvalue weighted by atomic mass is 35.5. The number of halogens is 1. The SMILES string of the molecule is CCOC(=O)C(C)CSC(=O)c1cccc(Cl)c1. The number of ether oxygens (including phenoxy) is 1. The second-order valence-electron chi connectivity index (χ2n) is 3.76. The Balaban J connectivity index is 2.49. The molecule has 0 spiro atoms. The lowest BCUT2D eigenvalue weighted by Gasteiger charge is -2.09. The molecule has 0 N–H and O–H groups in total. The van der Waals surface area contributed by atoms with E-state index in [0.29, 0.717) is 22.9 Å². The van der Waals surface area contributed by atoms with Crippen LogP contribution in [0.5, 0.6) is 0 Å². The summed E-state index contributed by atoms with van der Waals surface area (Å²) >= 11 is 6.91. The van der Waals surface area contributed by atoms with Crippen LogP contribution in [0.1, 0.15) is 24.2 Å². The molecule has 0 heterocycles. The zero-order valence-corrected chi connectivity index (χ0v) is 11.9. The maximum absolute atomic E-state index is 11.8. The van der Waals surface area contributed by atoms with Crippen molar-refractivity contribution in [2.24, 2.45) is 5.92 Å². The number of benzene rings is 1. The van der Waals surface area contributed by atoms with Gasteiger partial charge in [0.1, 0.15) is 0 Å². The van der Waals surface area contributed by atoms with Gasteiger partial charge in [0.05, 0.1) is 12.5 Å². The Labute approximate surface area is 116 Å². The van der Waals surface area contributed by atoms with Crippen molar-refractivity contribution in [2.45, 2.75) is 13.8 Å². The van der Waals surface area contributed by atoms with E-state index < -0.39 is 0 Å². The van der Waals surface area contributed by atoms with Crippen LogP contribution in [0.15, 0.2) is 24.3 Å². The van der Waals surface area contributed by atoms with Crippen molar-refractivity contribution in [3.05, 3.63) is 34.9 Å². The Morgan fingerprint density at radius 2 is 2.17 bits per heavy atom. The summed E-state index contributed by atoms with van der Waals surface area (Å²) in [6, 6.07) is 6.76. The number of hydrogen-bond acceptors (Lipinski definition) is 4. The molecule has 0 bridgehead atoms. The Morgan fingerprint density at radius 3 is 2.78 bits per heavy atom. The molecule has 0 saturated carbocycles. The Hall–Kier alpha value is -1.00. The van der Waals surface area contributed by atoms with E-state index in [0.717, 1.165) is 11.8 Å². The summed E-state index contributed by atoms with van der Waals surface area (Å²) in [6.45, 7) is 3.86. The summed E-state index contributed by atoms with van der Waals surface area (Å²) in [5.41, 5.74) is 0.545. The lowest BCUT2D eigenvalue weighted by molar-refractivity contribution is -0.146. The van der Waals surface area contributed by atoms with Crippen molar-refractivity contribution in [3.8, 4) is 0 Å². The number of hydrogen-bond donors (Lipinski definition) is 0. The van der Waals surface area contributed by atoms with Crippen molar-refractivity contribution in [2.75, 3.05) is 12.4 Å². The number of esters is 1. The normalized spacial score (nSPS) is 11.9. The van der Waals surface area contributed by atoms with Crippen LogP contribution in [0, 0.1) is 5.92 Å². The zero-order valence-electron chi connectivity index (χ0n) is 10.3. The lowest BCUT2D eigenvalue weighted by Crippen LogP contribution is -2.17. The second-order valence-corrected chi connectivity index (χ2v) is 5.19. The fourth-order valence-corrected chi connectivity index (χ4v) is 2.27. The first kappa shape index (κ1) is 15.1. The van der Waals surface area contributed by atoms with E-state index in [-0.39, 0.29) is 17.0 Å². The summed E-state index contributed by atoms with van der Waals surface area (Å²) in [6.07, 6.45) is 0. The van der Waals surface area contributed by atoms with Crippen molar-refractivity contribution < 1.29 is 14.3 Å². The fourth-order valence-electron chi connectivity index (χ4n) is 1.25. The van der Waals surface area contributed by atoms with Gasteiger partial charge in [0.15, 0.2) is 0 Å². The highest BCUT2D eigenvalue weighted by Crippen LogP contribution is 2.19. The molecule has 98 valence electrons. The summed E-state index contributed by atoms with van der Waals surface area (Å²) in [4.78, 5) is 23.2. The Morgan fingerprint density at radius 1 is 1.44 bits per heavy atom. The minimum Gasteiger partial charge on any atom is -0.466 e. The third-order valence-corrected chi connectivity index (χ3v) is 3.61. The van der Waals surface area contributed by atoms with Crippen LogP contribution in [0.3, 0.4) is 0 Å². The summed E-state index contributed by atoms with van der Waals surface area (Å²) < 4.78 is 4.88. The van der Waals surface area contributed by atoms with Gasteiger partial charge in [-0.2, -0.15) is 0 Å². The largest absolute Gasteiger partial charge is 0.466 e. The standard InChI is InChI=1S/C13H15ClO3S/c1-3-17-12(15)9(2)8-18-13(16)10-5-4-6-11(14)7-10/h4-7,9H,3,8H2,1-2H3. The predicted molar refractivity (Wildman–Crippen MR) is 74.0 cm³/mol. The number of thioether (sulfide) groups is 1. The van der Waals surface area contributed by atoms with Crippen LogP contribution >= 0.6 is 23.4 Å². The van der Waals surface area contributed by atoms with E-state index in [1.54, 1.807) is 38.1 Å². The Bertz CT molecular complexity index is 434. The smallest absolute Gasteiger partial charge is 0.309 e. The molecule has 0 aliphatic rings. The molecule has 1 aromatic carbocycles. The average Bonchev–Trinajstić information content (AvgIpc) is 2.35. The van der Waals surface area contributed by atoms with Gasteiger partial charge < -0.3 is 4.74 Å². The summed E-state index contributed by atoms with van der Waals surface area (Å²) in [5, 5.41) is 0.438.